The number of nitrogens with zero attached hydrogens (tertiary/aromatic N) is 3. The summed E-state index contributed by atoms with van der Waals surface area (Å²) in [4.78, 5) is 11.1. The monoisotopic (exact) mass is 239 g/mol. The third-order valence-electron chi connectivity index (χ3n) is 2.97. The standard InChI is InChI=1S/C12H18ClN3/c1-2-11-14-10(13)9-12(15-11)16-7-5-3-4-6-8-16/h9H,2-8H2,1H3. The van der Waals surface area contributed by atoms with E-state index in [9.17, 15) is 0 Å². The summed E-state index contributed by atoms with van der Waals surface area (Å²) in [7, 11) is 0. The first-order chi connectivity index (χ1) is 7.79. The van der Waals surface area contributed by atoms with Gasteiger partial charge in [0.05, 0.1) is 0 Å². The fourth-order valence-electron chi connectivity index (χ4n) is 2.07. The van der Waals surface area contributed by atoms with Crippen molar-refractivity contribution in [3.05, 3.63) is 17.0 Å². The molecule has 3 nitrogen and oxygen atoms in total. The van der Waals surface area contributed by atoms with Crippen LogP contribution in [0.3, 0.4) is 0 Å². The van der Waals surface area contributed by atoms with Crippen molar-refractivity contribution in [3.63, 3.8) is 0 Å². The lowest BCUT2D eigenvalue weighted by atomic mass is 10.2. The van der Waals surface area contributed by atoms with Crippen molar-refractivity contribution < 1.29 is 0 Å². The minimum atomic E-state index is 0.561. The number of halogens is 1. The van der Waals surface area contributed by atoms with Gasteiger partial charge >= 0.3 is 0 Å². The summed E-state index contributed by atoms with van der Waals surface area (Å²) in [6.07, 6.45) is 6.00. The summed E-state index contributed by atoms with van der Waals surface area (Å²) < 4.78 is 0. The average Bonchev–Trinajstić information content (AvgIpc) is 2.56. The van der Waals surface area contributed by atoms with Crippen LogP contribution in [0.4, 0.5) is 5.82 Å². The molecule has 0 saturated carbocycles. The molecule has 0 spiro atoms. The molecule has 0 aromatic carbocycles. The van der Waals surface area contributed by atoms with Gasteiger partial charge in [0.15, 0.2) is 0 Å². The van der Waals surface area contributed by atoms with E-state index in [-0.39, 0.29) is 0 Å². The van der Waals surface area contributed by atoms with Crippen LogP contribution in [0.1, 0.15) is 38.4 Å². The summed E-state index contributed by atoms with van der Waals surface area (Å²) in [6.45, 7) is 4.24. The topological polar surface area (TPSA) is 29.0 Å². The summed E-state index contributed by atoms with van der Waals surface area (Å²) in [5.41, 5.74) is 0. The normalized spacial score (nSPS) is 17.2. The van der Waals surface area contributed by atoms with Gasteiger partial charge in [0.2, 0.25) is 0 Å². The highest BCUT2D eigenvalue weighted by Crippen LogP contribution is 2.20. The molecule has 0 N–H and O–H groups in total. The van der Waals surface area contributed by atoms with Crippen LogP contribution in [0.25, 0.3) is 0 Å². The van der Waals surface area contributed by atoms with Gasteiger partial charge in [-0.05, 0) is 12.8 Å². The van der Waals surface area contributed by atoms with Gasteiger partial charge in [-0.2, -0.15) is 0 Å². The Balaban J connectivity index is 2.20. The minimum Gasteiger partial charge on any atom is -0.356 e. The van der Waals surface area contributed by atoms with Crippen molar-refractivity contribution in [1.29, 1.82) is 0 Å². The Morgan fingerprint density at radius 1 is 1.19 bits per heavy atom. The molecular formula is C12H18ClN3. The Bertz CT molecular complexity index is 346. The van der Waals surface area contributed by atoms with Crippen molar-refractivity contribution in [3.8, 4) is 0 Å². The molecule has 1 aromatic rings. The molecule has 0 unspecified atom stereocenters. The molecule has 1 aromatic heterocycles. The van der Waals surface area contributed by atoms with Gasteiger partial charge in [-0.15, -0.1) is 0 Å². The van der Waals surface area contributed by atoms with Gasteiger partial charge in [0.1, 0.15) is 16.8 Å². The first-order valence-corrected chi connectivity index (χ1v) is 6.46. The van der Waals surface area contributed by atoms with E-state index in [4.69, 9.17) is 11.6 Å². The fraction of sp³-hybridized carbons (Fsp3) is 0.667. The van der Waals surface area contributed by atoms with E-state index < -0.39 is 0 Å². The van der Waals surface area contributed by atoms with Crippen LogP contribution in [0.2, 0.25) is 5.15 Å². The van der Waals surface area contributed by atoms with Gasteiger partial charge in [-0.3, -0.25) is 0 Å². The Kier molecular flexibility index (Phi) is 3.99. The number of hydrogen-bond acceptors (Lipinski definition) is 3. The van der Waals surface area contributed by atoms with E-state index in [1.165, 1.54) is 25.7 Å². The zero-order valence-corrected chi connectivity index (χ0v) is 10.5. The first kappa shape index (κ1) is 11.6. The van der Waals surface area contributed by atoms with Crippen LogP contribution in [0.5, 0.6) is 0 Å². The summed E-state index contributed by atoms with van der Waals surface area (Å²) >= 11 is 6.01. The molecule has 0 atom stereocenters. The summed E-state index contributed by atoms with van der Waals surface area (Å²) in [6, 6.07) is 1.88. The molecule has 1 saturated heterocycles. The molecule has 88 valence electrons. The number of rotatable bonds is 2. The zero-order valence-electron chi connectivity index (χ0n) is 9.75. The van der Waals surface area contributed by atoms with E-state index in [1.807, 2.05) is 6.07 Å². The van der Waals surface area contributed by atoms with E-state index in [2.05, 4.69) is 21.8 Å². The molecule has 1 aliphatic rings. The van der Waals surface area contributed by atoms with Gasteiger partial charge in [0, 0.05) is 25.6 Å². The highest BCUT2D eigenvalue weighted by atomic mass is 35.5. The maximum Gasteiger partial charge on any atom is 0.134 e. The lowest BCUT2D eigenvalue weighted by Crippen LogP contribution is -2.25. The van der Waals surface area contributed by atoms with Gasteiger partial charge in [-0.25, -0.2) is 9.97 Å². The van der Waals surface area contributed by atoms with Crippen LogP contribution in [-0.4, -0.2) is 23.1 Å². The fourth-order valence-corrected chi connectivity index (χ4v) is 2.27. The summed E-state index contributed by atoms with van der Waals surface area (Å²) in [5, 5.41) is 0.561. The van der Waals surface area contributed by atoms with Gasteiger partial charge in [-0.1, -0.05) is 31.4 Å². The van der Waals surface area contributed by atoms with E-state index in [0.717, 1.165) is 31.2 Å². The van der Waals surface area contributed by atoms with Crippen molar-refractivity contribution in [2.45, 2.75) is 39.0 Å². The largest absolute Gasteiger partial charge is 0.356 e. The second kappa shape index (κ2) is 5.48. The minimum absolute atomic E-state index is 0.561. The zero-order chi connectivity index (χ0) is 11.4. The Morgan fingerprint density at radius 2 is 1.88 bits per heavy atom. The lowest BCUT2D eigenvalue weighted by molar-refractivity contribution is 0.726. The maximum atomic E-state index is 6.01. The van der Waals surface area contributed by atoms with Crippen molar-refractivity contribution >= 4 is 17.4 Å². The average molecular weight is 240 g/mol. The highest BCUT2D eigenvalue weighted by Gasteiger charge is 2.12. The van der Waals surface area contributed by atoms with Gasteiger partial charge < -0.3 is 4.90 Å². The van der Waals surface area contributed by atoms with Crippen LogP contribution >= 0.6 is 11.6 Å². The summed E-state index contributed by atoms with van der Waals surface area (Å²) in [5.74, 6) is 1.84. The van der Waals surface area contributed by atoms with E-state index in [1.54, 1.807) is 0 Å². The predicted octanol–water partition coefficient (Wildman–Crippen LogP) is 3.07. The Hall–Kier alpha value is -0.830. The van der Waals surface area contributed by atoms with Crippen molar-refractivity contribution in [2.24, 2.45) is 0 Å². The van der Waals surface area contributed by atoms with Gasteiger partial charge in [0.25, 0.3) is 0 Å². The van der Waals surface area contributed by atoms with Crippen LogP contribution in [-0.2, 0) is 6.42 Å². The molecule has 1 fully saturated rings. The first-order valence-electron chi connectivity index (χ1n) is 6.08. The maximum absolute atomic E-state index is 6.01. The van der Waals surface area contributed by atoms with E-state index in [0.29, 0.717) is 5.15 Å². The molecule has 0 bridgehead atoms. The molecule has 0 radical (unpaired) electrons. The number of aryl methyl sites for hydroxylation is 1. The van der Waals surface area contributed by atoms with Crippen molar-refractivity contribution in [1.82, 2.24) is 9.97 Å². The number of aromatic nitrogens is 2. The third-order valence-corrected chi connectivity index (χ3v) is 3.17. The number of anilines is 1. The van der Waals surface area contributed by atoms with Crippen LogP contribution < -0.4 is 4.90 Å². The molecule has 1 aliphatic heterocycles. The SMILES string of the molecule is CCc1nc(Cl)cc(N2CCCCCC2)n1. The quantitative estimate of drug-likeness (QED) is 0.743. The second-order valence-corrected chi connectivity index (χ2v) is 4.61. The predicted molar refractivity (Wildman–Crippen MR) is 67.1 cm³/mol. The third kappa shape index (κ3) is 2.85. The Labute approximate surface area is 102 Å². The number of hydrogen-bond donors (Lipinski definition) is 0. The molecule has 0 amide bonds. The van der Waals surface area contributed by atoms with Crippen LogP contribution in [0, 0.1) is 0 Å². The Morgan fingerprint density at radius 3 is 2.50 bits per heavy atom. The highest BCUT2D eigenvalue weighted by molar-refractivity contribution is 6.29. The molecule has 2 heterocycles. The smallest absolute Gasteiger partial charge is 0.134 e. The van der Waals surface area contributed by atoms with Crippen LogP contribution in [0.15, 0.2) is 6.07 Å². The van der Waals surface area contributed by atoms with Crippen molar-refractivity contribution in [2.75, 3.05) is 18.0 Å². The molecule has 0 aliphatic carbocycles. The molecule has 2 rings (SSSR count). The molecule has 4 heteroatoms. The second-order valence-electron chi connectivity index (χ2n) is 4.22. The molecular weight excluding hydrogens is 222 g/mol. The van der Waals surface area contributed by atoms with E-state index >= 15 is 0 Å². The lowest BCUT2D eigenvalue weighted by Gasteiger charge is -2.21. The molecule has 16 heavy (non-hydrogen) atoms.